The van der Waals surface area contributed by atoms with E-state index in [1.54, 1.807) is 0 Å². The Morgan fingerprint density at radius 3 is 2.09 bits per heavy atom. The normalized spacial score (nSPS) is 37.2. The molecule has 132 valence electrons. The highest BCUT2D eigenvalue weighted by molar-refractivity contribution is 5.73. The van der Waals surface area contributed by atoms with Crippen LogP contribution in [0.2, 0.25) is 0 Å². The molecule has 0 spiro atoms. The van der Waals surface area contributed by atoms with Gasteiger partial charge in [-0.3, -0.25) is 4.79 Å². The third kappa shape index (κ3) is 3.92. The van der Waals surface area contributed by atoms with Crippen LogP contribution in [0.1, 0.15) is 73.1 Å². The van der Waals surface area contributed by atoms with E-state index in [0.717, 1.165) is 42.9 Å². The minimum absolute atomic E-state index is 0.00583. The molecular weight excluding hydrogens is 288 g/mol. The van der Waals surface area contributed by atoms with E-state index in [1.807, 2.05) is 13.8 Å². The molecule has 3 fully saturated rings. The van der Waals surface area contributed by atoms with E-state index < -0.39 is 6.29 Å². The van der Waals surface area contributed by atoms with Crippen LogP contribution in [0, 0.1) is 35.0 Å². The molecule has 3 nitrogen and oxygen atoms in total. The minimum atomic E-state index is -0.403. The van der Waals surface area contributed by atoms with Gasteiger partial charge in [-0.2, -0.15) is 0 Å². The molecule has 0 N–H and O–H groups in total. The fourth-order valence-electron chi connectivity index (χ4n) is 5.36. The molecule has 0 aromatic carbocycles. The van der Waals surface area contributed by atoms with E-state index >= 15 is 0 Å². The maximum absolute atomic E-state index is 12.7. The van der Waals surface area contributed by atoms with E-state index in [2.05, 4.69) is 20.8 Å². The largest absolute Gasteiger partial charge is 0.436 e. The molecule has 0 saturated heterocycles. The van der Waals surface area contributed by atoms with E-state index in [4.69, 9.17) is 9.47 Å². The van der Waals surface area contributed by atoms with Gasteiger partial charge in [-0.25, -0.2) is 0 Å². The van der Waals surface area contributed by atoms with Crippen LogP contribution in [0.25, 0.3) is 0 Å². The van der Waals surface area contributed by atoms with Crippen LogP contribution >= 0.6 is 0 Å². The Morgan fingerprint density at radius 1 is 1.04 bits per heavy atom. The van der Waals surface area contributed by atoms with Crippen molar-refractivity contribution in [3.8, 4) is 0 Å². The first-order valence-electron chi connectivity index (χ1n) is 9.59. The first-order valence-corrected chi connectivity index (χ1v) is 9.59. The van der Waals surface area contributed by atoms with Crippen LogP contribution in [0.15, 0.2) is 0 Å². The van der Waals surface area contributed by atoms with Crippen molar-refractivity contribution >= 4 is 5.97 Å². The predicted octanol–water partition coefficient (Wildman–Crippen LogP) is 4.79. The summed E-state index contributed by atoms with van der Waals surface area (Å²) in [5.74, 6) is 3.53. The van der Waals surface area contributed by atoms with E-state index in [0.29, 0.717) is 0 Å². The van der Waals surface area contributed by atoms with E-state index in [9.17, 15) is 4.79 Å². The summed E-state index contributed by atoms with van der Waals surface area (Å²) in [5.41, 5.74) is 0.0884. The number of fused-ring (bicyclic) bond motifs is 5. The van der Waals surface area contributed by atoms with Crippen molar-refractivity contribution < 1.29 is 14.3 Å². The van der Waals surface area contributed by atoms with Gasteiger partial charge in [0.1, 0.15) is 0 Å². The maximum Gasteiger partial charge on any atom is 0.311 e. The quantitative estimate of drug-likeness (QED) is 0.539. The van der Waals surface area contributed by atoms with Gasteiger partial charge in [-0.1, -0.05) is 20.8 Å². The molecule has 3 rings (SSSR count). The number of hydrogen-bond donors (Lipinski definition) is 0. The van der Waals surface area contributed by atoms with Gasteiger partial charge in [0.25, 0.3) is 0 Å². The predicted molar refractivity (Wildman–Crippen MR) is 90.7 cm³/mol. The van der Waals surface area contributed by atoms with Gasteiger partial charge in [0.05, 0.1) is 12.0 Å². The zero-order chi connectivity index (χ0) is 16.8. The van der Waals surface area contributed by atoms with Crippen LogP contribution in [0.5, 0.6) is 0 Å². The average Bonchev–Trinajstić information content (AvgIpc) is 3.08. The molecular formula is C20H34O3. The first-order chi connectivity index (χ1) is 10.7. The summed E-state index contributed by atoms with van der Waals surface area (Å²) in [4.78, 5) is 12.7. The van der Waals surface area contributed by atoms with Crippen molar-refractivity contribution in [2.75, 3.05) is 0 Å². The molecule has 0 aromatic heterocycles. The van der Waals surface area contributed by atoms with Crippen LogP contribution in [0.4, 0.5) is 0 Å². The lowest BCUT2D eigenvalue weighted by Crippen LogP contribution is -2.31. The molecule has 3 saturated carbocycles. The summed E-state index contributed by atoms with van der Waals surface area (Å²) in [7, 11) is 0. The second kappa shape index (κ2) is 6.38. The van der Waals surface area contributed by atoms with Gasteiger partial charge < -0.3 is 9.47 Å². The molecule has 5 unspecified atom stereocenters. The fraction of sp³-hybridized carbons (Fsp3) is 0.950. The summed E-state index contributed by atoms with van der Waals surface area (Å²) in [6, 6.07) is 0. The highest BCUT2D eigenvalue weighted by Gasteiger charge is 2.53. The molecule has 3 aliphatic carbocycles. The standard InChI is InChI=1S/C20H34O3/c1-12(2)22-18(11-20(3,4)5)23-19(21)15-9-16-13-6-7-14(8-13)17(16)10-15/h12-18H,6-11H2,1-5H3. The lowest BCUT2D eigenvalue weighted by molar-refractivity contribution is -0.197. The zero-order valence-corrected chi connectivity index (χ0v) is 15.5. The highest BCUT2D eigenvalue weighted by atomic mass is 16.7. The smallest absolute Gasteiger partial charge is 0.311 e. The van der Waals surface area contributed by atoms with Crippen molar-refractivity contribution in [3.63, 3.8) is 0 Å². The highest BCUT2D eigenvalue weighted by Crippen LogP contribution is 2.60. The number of esters is 1. The SMILES string of the molecule is CC(C)OC(CC(C)(C)C)OC(=O)C1CC2C3CCC(C3)C2C1. The summed E-state index contributed by atoms with van der Waals surface area (Å²) in [5, 5.41) is 0. The topological polar surface area (TPSA) is 35.5 Å². The Balaban J connectivity index is 1.57. The summed E-state index contributed by atoms with van der Waals surface area (Å²) in [6.07, 6.45) is 6.78. The lowest BCUT2D eigenvalue weighted by atomic mass is 9.82. The fourth-order valence-corrected chi connectivity index (χ4v) is 5.36. The van der Waals surface area contributed by atoms with Crippen LogP contribution in [-0.4, -0.2) is 18.4 Å². The van der Waals surface area contributed by atoms with Gasteiger partial charge in [-0.05, 0) is 75.0 Å². The molecule has 0 radical (unpaired) electrons. The molecule has 5 atom stereocenters. The molecule has 2 bridgehead atoms. The number of carbonyl (C=O) groups excluding carboxylic acids is 1. The van der Waals surface area contributed by atoms with Crippen LogP contribution in [-0.2, 0) is 14.3 Å². The number of ether oxygens (including phenoxy) is 2. The summed E-state index contributed by atoms with van der Waals surface area (Å²) in [6.45, 7) is 10.5. The molecule has 0 heterocycles. The number of carbonyl (C=O) groups is 1. The molecule has 0 aliphatic heterocycles. The molecule has 23 heavy (non-hydrogen) atoms. The second-order valence-corrected chi connectivity index (χ2v) is 9.65. The third-order valence-corrected chi connectivity index (χ3v) is 6.17. The Labute approximate surface area is 141 Å². The summed E-state index contributed by atoms with van der Waals surface area (Å²) >= 11 is 0. The third-order valence-electron chi connectivity index (χ3n) is 6.17. The van der Waals surface area contributed by atoms with Crippen molar-refractivity contribution in [1.82, 2.24) is 0 Å². The van der Waals surface area contributed by atoms with E-state index in [-0.39, 0.29) is 23.4 Å². The summed E-state index contributed by atoms with van der Waals surface area (Å²) < 4.78 is 11.7. The van der Waals surface area contributed by atoms with Crippen molar-refractivity contribution in [2.45, 2.75) is 85.5 Å². The van der Waals surface area contributed by atoms with E-state index in [1.165, 1.54) is 19.3 Å². The minimum Gasteiger partial charge on any atom is -0.436 e. The van der Waals surface area contributed by atoms with Gasteiger partial charge >= 0.3 is 5.97 Å². The monoisotopic (exact) mass is 322 g/mol. The Kier molecular flexibility index (Phi) is 4.79. The number of hydrogen-bond acceptors (Lipinski definition) is 3. The molecule has 0 amide bonds. The Hall–Kier alpha value is -0.570. The van der Waals surface area contributed by atoms with Gasteiger partial charge in [0, 0.05) is 6.42 Å². The average molecular weight is 322 g/mol. The lowest BCUT2D eigenvalue weighted by Gasteiger charge is -2.28. The van der Waals surface area contributed by atoms with Gasteiger partial charge in [0.2, 0.25) is 6.29 Å². The van der Waals surface area contributed by atoms with Gasteiger partial charge in [-0.15, -0.1) is 0 Å². The van der Waals surface area contributed by atoms with Crippen molar-refractivity contribution in [3.05, 3.63) is 0 Å². The van der Waals surface area contributed by atoms with Crippen LogP contribution in [0.3, 0.4) is 0 Å². The second-order valence-electron chi connectivity index (χ2n) is 9.65. The Morgan fingerprint density at radius 2 is 1.61 bits per heavy atom. The first kappa shape index (κ1) is 17.3. The number of rotatable bonds is 5. The maximum atomic E-state index is 12.7. The van der Waals surface area contributed by atoms with Crippen molar-refractivity contribution in [2.24, 2.45) is 35.0 Å². The zero-order valence-electron chi connectivity index (χ0n) is 15.5. The van der Waals surface area contributed by atoms with Gasteiger partial charge in [0.15, 0.2) is 0 Å². The molecule has 3 heteroatoms. The Bertz CT molecular complexity index is 419. The molecule has 0 aromatic rings. The molecule has 3 aliphatic rings. The van der Waals surface area contributed by atoms with Crippen LogP contribution < -0.4 is 0 Å². The van der Waals surface area contributed by atoms with Crippen molar-refractivity contribution in [1.29, 1.82) is 0 Å².